The van der Waals surface area contributed by atoms with E-state index in [-0.39, 0.29) is 17.5 Å². The lowest BCUT2D eigenvalue weighted by atomic mass is 10.0. The van der Waals surface area contributed by atoms with Gasteiger partial charge in [0.15, 0.2) is 5.78 Å². The second kappa shape index (κ2) is 5.37. The van der Waals surface area contributed by atoms with E-state index in [1.54, 1.807) is 24.3 Å². The van der Waals surface area contributed by atoms with Gasteiger partial charge in [0.1, 0.15) is 11.6 Å². The van der Waals surface area contributed by atoms with Crippen molar-refractivity contribution < 1.29 is 13.9 Å². The molecule has 0 saturated heterocycles. The summed E-state index contributed by atoms with van der Waals surface area (Å²) in [5, 5.41) is 0. The van der Waals surface area contributed by atoms with Crippen molar-refractivity contribution in [1.29, 1.82) is 0 Å². The second-order valence-corrected chi connectivity index (χ2v) is 5.71. The van der Waals surface area contributed by atoms with E-state index in [2.05, 4.69) is 15.9 Å². The van der Waals surface area contributed by atoms with Crippen LogP contribution in [0.25, 0.3) is 0 Å². The first-order valence-electron chi connectivity index (χ1n) is 6.40. The third-order valence-corrected chi connectivity index (χ3v) is 3.59. The molecule has 3 rings (SSSR count). The highest BCUT2D eigenvalue weighted by molar-refractivity contribution is 9.10. The van der Waals surface area contributed by atoms with Gasteiger partial charge >= 0.3 is 0 Å². The van der Waals surface area contributed by atoms with E-state index in [0.29, 0.717) is 15.8 Å². The number of halogens is 2. The SMILES string of the molecule is O=C(c1cccc(OC2CC2)c1)c1ccc(Br)cc1F. The Balaban J connectivity index is 1.89. The second-order valence-electron chi connectivity index (χ2n) is 4.80. The summed E-state index contributed by atoms with van der Waals surface area (Å²) < 4.78 is 20.1. The van der Waals surface area contributed by atoms with Gasteiger partial charge in [-0.05, 0) is 43.2 Å². The highest BCUT2D eigenvalue weighted by Crippen LogP contribution is 2.28. The van der Waals surface area contributed by atoms with E-state index < -0.39 is 5.82 Å². The Morgan fingerprint density at radius 3 is 2.70 bits per heavy atom. The summed E-state index contributed by atoms with van der Waals surface area (Å²) >= 11 is 3.18. The van der Waals surface area contributed by atoms with Crippen LogP contribution in [0.2, 0.25) is 0 Å². The molecule has 0 heterocycles. The topological polar surface area (TPSA) is 26.3 Å². The molecule has 0 unspecified atom stereocenters. The maximum Gasteiger partial charge on any atom is 0.196 e. The lowest BCUT2D eigenvalue weighted by molar-refractivity contribution is 0.103. The van der Waals surface area contributed by atoms with E-state index in [9.17, 15) is 9.18 Å². The largest absolute Gasteiger partial charge is 0.490 e. The molecule has 0 aliphatic heterocycles. The van der Waals surface area contributed by atoms with Crippen molar-refractivity contribution in [1.82, 2.24) is 0 Å². The monoisotopic (exact) mass is 334 g/mol. The summed E-state index contributed by atoms with van der Waals surface area (Å²) in [6.07, 6.45) is 2.38. The average Bonchev–Trinajstić information content (AvgIpc) is 3.22. The third-order valence-electron chi connectivity index (χ3n) is 3.10. The number of ketones is 1. The smallest absolute Gasteiger partial charge is 0.196 e. The predicted molar refractivity (Wildman–Crippen MR) is 77.6 cm³/mol. The number of ether oxygens (including phenoxy) is 1. The van der Waals surface area contributed by atoms with Crippen LogP contribution in [0, 0.1) is 5.82 Å². The number of benzene rings is 2. The highest BCUT2D eigenvalue weighted by atomic mass is 79.9. The molecule has 0 atom stereocenters. The molecule has 0 amide bonds. The lowest BCUT2D eigenvalue weighted by Crippen LogP contribution is -2.05. The van der Waals surface area contributed by atoms with Crippen LogP contribution in [0.1, 0.15) is 28.8 Å². The number of hydrogen-bond acceptors (Lipinski definition) is 2. The van der Waals surface area contributed by atoms with Gasteiger partial charge in [-0.2, -0.15) is 0 Å². The zero-order valence-corrected chi connectivity index (χ0v) is 12.2. The molecule has 0 bridgehead atoms. The molecule has 2 nitrogen and oxygen atoms in total. The minimum absolute atomic E-state index is 0.0665. The minimum atomic E-state index is -0.530. The van der Waals surface area contributed by atoms with Crippen LogP contribution in [-0.2, 0) is 0 Å². The van der Waals surface area contributed by atoms with E-state index in [4.69, 9.17) is 4.74 Å². The maximum absolute atomic E-state index is 13.8. The molecular weight excluding hydrogens is 323 g/mol. The highest BCUT2D eigenvalue weighted by Gasteiger charge is 2.24. The molecule has 1 aliphatic carbocycles. The number of carbonyl (C=O) groups is 1. The zero-order valence-electron chi connectivity index (χ0n) is 10.6. The van der Waals surface area contributed by atoms with Crippen LogP contribution >= 0.6 is 15.9 Å². The van der Waals surface area contributed by atoms with Crippen molar-refractivity contribution in [3.8, 4) is 5.75 Å². The van der Waals surface area contributed by atoms with Crippen molar-refractivity contribution in [2.75, 3.05) is 0 Å². The molecule has 2 aromatic rings. The zero-order chi connectivity index (χ0) is 14.1. The van der Waals surface area contributed by atoms with Gasteiger partial charge in [0.2, 0.25) is 0 Å². The molecule has 4 heteroatoms. The van der Waals surface area contributed by atoms with Crippen LogP contribution in [0.4, 0.5) is 4.39 Å². The number of rotatable bonds is 4. The van der Waals surface area contributed by atoms with Crippen molar-refractivity contribution in [2.24, 2.45) is 0 Å². The van der Waals surface area contributed by atoms with Crippen LogP contribution in [0.15, 0.2) is 46.9 Å². The predicted octanol–water partition coefficient (Wildman–Crippen LogP) is 4.36. The fraction of sp³-hybridized carbons (Fsp3) is 0.188. The van der Waals surface area contributed by atoms with Crippen LogP contribution in [-0.4, -0.2) is 11.9 Å². The molecular formula is C16H12BrFO2. The molecule has 1 fully saturated rings. The van der Waals surface area contributed by atoms with E-state index in [1.807, 2.05) is 6.07 Å². The minimum Gasteiger partial charge on any atom is -0.490 e. The number of hydrogen-bond donors (Lipinski definition) is 0. The van der Waals surface area contributed by atoms with Gasteiger partial charge in [0.05, 0.1) is 11.7 Å². The van der Waals surface area contributed by atoms with Crippen LogP contribution in [0.5, 0.6) is 5.75 Å². The molecule has 2 aromatic carbocycles. The molecule has 1 saturated carbocycles. The van der Waals surface area contributed by atoms with E-state index >= 15 is 0 Å². The lowest BCUT2D eigenvalue weighted by Gasteiger charge is -2.07. The molecule has 0 radical (unpaired) electrons. The Morgan fingerprint density at radius 1 is 1.20 bits per heavy atom. The van der Waals surface area contributed by atoms with Crippen LogP contribution in [0.3, 0.4) is 0 Å². The Labute approximate surface area is 124 Å². The van der Waals surface area contributed by atoms with Crippen molar-refractivity contribution in [3.05, 3.63) is 63.9 Å². The normalized spacial score (nSPS) is 14.1. The first-order chi connectivity index (χ1) is 9.63. The quantitative estimate of drug-likeness (QED) is 0.776. The summed E-state index contributed by atoms with van der Waals surface area (Å²) in [6.45, 7) is 0. The van der Waals surface area contributed by atoms with E-state index in [0.717, 1.165) is 12.8 Å². The first kappa shape index (κ1) is 13.3. The molecule has 102 valence electrons. The number of carbonyl (C=O) groups excluding carboxylic acids is 1. The Bertz CT molecular complexity index is 665. The van der Waals surface area contributed by atoms with Gasteiger partial charge < -0.3 is 4.74 Å². The Morgan fingerprint density at radius 2 is 2.00 bits per heavy atom. The first-order valence-corrected chi connectivity index (χ1v) is 7.19. The summed E-state index contributed by atoms with van der Waals surface area (Å²) in [5.41, 5.74) is 0.501. The summed E-state index contributed by atoms with van der Waals surface area (Å²) in [6, 6.07) is 11.3. The summed E-state index contributed by atoms with van der Waals surface area (Å²) in [5.74, 6) is -0.204. The molecule has 0 N–H and O–H groups in total. The van der Waals surface area contributed by atoms with Crippen molar-refractivity contribution >= 4 is 21.7 Å². The van der Waals surface area contributed by atoms with Gasteiger partial charge in [0.25, 0.3) is 0 Å². The summed E-state index contributed by atoms with van der Waals surface area (Å²) in [4.78, 5) is 12.3. The van der Waals surface area contributed by atoms with Gasteiger partial charge in [-0.1, -0.05) is 28.1 Å². The fourth-order valence-electron chi connectivity index (χ4n) is 1.92. The molecule has 0 spiro atoms. The third kappa shape index (κ3) is 2.90. The van der Waals surface area contributed by atoms with Crippen LogP contribution < -0.4 is 4.74 Å². The fourth-order valence-corrected chi connectivity index (χ4v) is 2.25. The molecule has 20 heavy (non-hydrogen) atoms. The van der Waals surface area contributed by atoms with Crippen molar-refractivity contribution in [3.63, 3.8) is 0 Å². The molecule has 0 aromatic heterocycles. The van der Waals surface area contributed by atoms with Gasteiger partial charge in [0, 0.05) is 10.0 Å². The standard InChI is InChI=1S/C16H12BrFO2/c17-11-4-7-14(15(18)9-11)16(19)10-2-1-3-13(8-10)20-12-5-6-12/h1-4,7-9,12H,5-6H2. The summed E-state index contributed by atoms with van der Waals surface area (Å²) in [7, 11) is 0. The maximum atomic E-state index is 13.8. The van der Waals surface area contributed by atoms with Gasteiger partial charge in [-0.15, -0.1) is 0 Å². The average molecular weight is 335 g/mol. The van der Waals surface area contributed by atoms with Gasteiger partial charge in [-0.25, -0.2) is 4.39 Å². The van der Waals surface area contributed by atoms with Crippen molar-refractivity contribution in [2.45, 2.75) is 18.9 Å². The molecule has 1 aliphatic rings. The van der Waals surface area contributed by atoms with E-state index in [1.165, 1.54) is 12.1 Å². The van der Waals surface area contributed by atoms with Gasteiger partial charge in [-0.3, -0.25) is 4.79 Å². The Kier molecular flexibility index (Phi) is 3.57. The Hall–Kier alpha value is -1.68.